The second-order valence-corrected chi connectivity index (χ2v) is 5.67. The van der Waals surface area contributed by atoms with Crippen molar-refractivity contribution in [1.82, 2.24) is 14.8 Å². The number of aryl methyl sites for hydroxylation is 1. The monoisotopic (exact) mass is 280 g/mol. The highest BCUT2D eigenvalue weighted by Gasteiger charge is 2.21. The van der Waals surface area contributed by atoms with Crippen LogP contribution in [0.5, 0.6) is 0 Å². The molecule has 0 bridgehead atoms. The van der Waals surface area contributed by atoms with Crippen LogP contribution in [0.2, 0.25) is 0 Å². The van der Waals surface area contributed by atoms with Crippen LogP contribution in [0.25, 0.3) is 5.69 Å². The quantitative estimate of drug-likeness (QED) is 0.892. The fourth-order valence-corrected chi connectivity index (χ4v) is 2.44. The summed E-state index contributed by atoms with van der Waals surface area (Å²) in [5.74, 6) is 0.608. The lowest BCUT2D eigenvalue weighted by Gasteiger charge is -2.08. The molecule has 0 saturated carbocycles. The molecular weight excluding hydrogens is 264 g/mol. The van der Waals surface area contributed by atoms with E-state index in [4.69, 9.17) is 5.14 Å². The number of hydrogen-bond acceptors (Lipinski definition) is 4. The van der Waals surface area contributed by atoms with Gasteiger partial charge in [0.2, 0.25) is 0 Å². The Morgan fingerprint density at radius 1 is 1.21 bits per heavy atom. The Morgan fingerprint density at radius 2 is 1.89 bits per heavy atom. The molecule has 0 radical (unpaired) electrons. The molecule has 0 unspecified atom stereocenters. The molecule has 0 aliphatic carbocycles. The minimum Gasteiger partial charge on any atom is -0.269 e. The summed E-state index contributed by atoms with van der Waals surface area (Å²) in [6, 6.07) is 9.11. The van der Waals surface area contributed by atoms with E-state index >= 15 is 0 Å². The lowest BCUT2D eigenvalue weighted by atomic mass is 10.2. The number of rotatable bonds is 5. The molecule has 7 heteroatoms. The largest absolute Gasteiger partial charge is 0.274 e. The Bertz CT molecular complexity index is 650. The van der Waals surface area contributed by atoms with Crippen LogP contribution in [-0.2, 0) is 16.4 Å². The smallest absolute Gasteiger partial charge is 0.269 e. The van der Waals surface area contributed by atoms with Crippen molar-refractivity contribution in [2.45, 2.75) is 31.3 Å². The SMILES string of the molecule is CCCCc1nnc(S(N)(=O)=O)n1-c1ccccc1. The number of hydrogen-bond donors (Lipinski definition) is 1. The van der Waals surface area contributed by atoms with Gasteiger partial charge in [0, 0.05) is 12.1 Å². The zero-order chi connectivity index (χ0) is 13.9. The van der Waals surface area contributed by atoms with Gasteiger partial charge in [0.25, 0.3) is 15.2 Å². The molecule has 0 amide bonds. The molecule has 0 fully saturated rings. The minimum absolute atomic E-state index is 0.218. The first kappa shape index (κ1) is 13.7. The molecule has 0 spiro atoms. The van der Waals surface area contributed by atoms with E-state index in [0.717, 1.165) is 12.8 Å². The number of primary sulfonamides is 1. The van der Waals surface area contributed by atoms with Crippen LogP contribution in [0, 0.1) is 0 Å². The van der Waals surface area contributed by atoms with E-state index < -0.39 is 10.0 Å². The zero-order valence-corrected chi connectivity index (χ0v) is 11.5. The van der Waals surface area contributed by atoms with E-state index in [9.17, 15) is 8.42 Å². The highest BCUT2D eigenvalue weighted by Crippen LogP contribution is 2.17. The number of aromatic nitrogens is 3. The molecular formula is C12H16N4O2S. The Balaban J connectivity index is 2.57. The van der Waals surface area contributed by atoms with Gasteiger partial charge in [-0.1, -0.05) is 31.5 Å². The van der Waals surface area contributed by atoms with E-state index in [2.05, 4.69) is 17.1 Å². The summed E-state index contributed by atoms with van der Waals surface area (Å²) in [7, 11) is -3.90. The number of para-hydroxylation sites is 1. The fraction of sp³-hybridized carbons (Fsp3) is 0.333. The first-order valence-corrected chi connectivity index (χ1v) is 7.61. The van der Waals surface area contributed by atoms with Crippen molar-refractivity contribution in [3.8, 4) is 5.69 Å². The van der Waals surface area contributed by atoms with Crippen LogP contribution >= 0.6 is 0 Å². The molecule has 1 aromatic carbocycles. The van der Waals surface area contributed by atoms with Crippen LogP contribution in [-0.4, -0.2) is 23.2 Å². The predicted molar refractivity (Wildman–Crippen MR) is 71.3 cm³/mol. The van der Waals surface area contributed by atoms with Crippen molar-refractivity contribution in [2.24, 2.45) is 5.14 Å². The molecule has 2 N–H and O–H groups in total. The second-order valence-electron chi connectivity index (χ2n) is 4.22. The Kier molecular flexibility index (Phi) is 3.96. The highest BCUT2D eigenvalue weighted by atomic mass is 32.2. The van der Waals surface area contributed by atoms with Crippen LogP contribution in [0.15, 0.2) is 35.5 Å². The first-order chi connectivity index (χ1) is 9.04. The predicted octanol–water partition coefficient (Wildman–Crippen LogP) is 1.26. The van der Waals surface area contributed by atoms with E-state index in [1.165, 1.54) is 4.57 Å². The summed E-state index contributed by atoms with van der Waals surface area (Å²) >= 11 is 0. The molecule has 2 aromatic rings. The molecule has 6 nitrogen and oxygen atoms in total. The van der Waals surface area contributed by atoms with Crippen molar-refractivity contribution < 1.29 is 8.42 Å². The maximum Gasteiger partial charge on any atom is 0.274 e. The number of benzene rings is 1. The number of unbranched alkanes of at least 4 members (excludes halogenated alkanes) is 1. The van der Waals surface area contributed by atoms with E-state index in [-0.39, 0.29) is 5.16 Å². The molecule has 1 heterocycles. The van der Waals surface area contributed by atoms with Gasteiger partial charge in [-0.2, -0.15) is 0 Å². The van der Waals surface area contributed by atoms with E-state index in [1.807, 2.05) is 18.2 Å². The van der Waals surface area contributed by atoms with Crippen molar-refractivity contribution in [1.29, 1.82) is 0 Å². The summed E-state index contributed by atoms with van der Waals surface area (Å²) in [5.41, 5.74) is 0.697. The molecule has 1 aromatic heterocycles. The number of sulfonamides is 1. The fourth-order valence-electron chi connectivity index (χ4n) is 1.82. The van der Waals surface area contributed by atoms with E-state index in [1.54, 1.807) is 12.1 Å². The second kappa shape index (κ2) is 5.50. The highest BCUT2D eigenvalue weighted by molar-refractivity contribution is 7.89. The molecule has 102 valence electrons. The molecule has 0 aliphatic rings. The zero-order valence-electron chi connectivity index (χ0n) is 10.7. The Hall–Kier alpha value is -1.73. The van der Waals surface area contributed by atoms with Gasteiger partial charge < -0.3 is 0 Å². The van der Waals surface area contributed by atoms with Gasteiger partial charge in [-0.05, 0) is 18.6 Å². The van der Waals surface area contributed by atoms with Crippen LogP contribution in [0.4, 0.5) is 0 Å². The average Bonchev–Trinajstić information content (AvgIpc) is 2.81. The van der Waals surface area contributed by atoms with Crippen molar-refractivity contribution >= 4 is 10.0 Å². The third-order valence-corrected chi connectivity index (χ3v) is 3.50. The Morgan fingerprint density at radius 3 is 2.47 bits per heavy atom. The van der Waals surface area contributed by atoms with Gasteiger partial charge in [-0.15, -0.1) is 10.2 Å². The Labute approximate surface area is 112 Å². The third kappa shape index (κ3) is 2.99. The van der Waals surface area contributed by atoms with Gasteiger partial charge in [0.05, 0.1) is 0 Å². The standard InChI is InChI=1S/C12H16N4O2S/c1-2-3-9-11-14-15-12(19(13,17)18)16(11)10-7-5-4-6-8-10/h4-8H,2-3,9H2,1H3,(H2,13,17,18). The van der Waals surface area contributed by atoms with Gasteiger partial charge in [0.1, 0.15) is 5.82 Å². The lowest BCUT2D eigenvalue weighted by molar-refractivity contribution is 0.584. The minimum atomic E-state index is -3.90. The summed E-state index contributed by atoms with van der Waals surface area (Å²) < 4.78 is 24.6. The summed E-state index contributed by atoms with van der Waals surface area (Å²) in [6.07, 6.45) is 2.57. The molecule has 0 atom stereocenters. The van der Waals surface area contributed by atoms with Crippen molar-refractivity contribution in [3.05, 3.63) is 36.2 Å². The van der Waals surface area contributed by atoms with Gasteiger partial charge in [-0.25, -0.2) is 13.6 Å². The molecule has 0 aliphatic heterocycles. The van der Waals surface area contributed by atoms with Gasteiger partial charge >= 0.3 is 0 Å². The van der Waals surface area contributed by atoms with Crippen LogP contribution in [0.1, 0.15) is 25.6 Å². The summed E-state index contributed by atoms with van der Waals surface area (Å²) in [5, 5.41) is 12.6. The molecule has 19 heavy (non-hydrogen) atoms. The number of nitrogens with zero attached hydrogens (tertiary/aromatic N) is 3. The first-order valence-electron chi connectivity index (χ1n) is 6.06. The third-order valence-electron chi connectivity index (χ3n) is 2.72. The van der Waals surface area contributed by atoms with E-state index in [0.29, 0.717) is 17.9 Å². The van der Waals surface area contributed by atoms with Gasteiger partial charge in [-0.3, -0.25) is 4.57 Å². The average molecular weight is 280 g/mol. The maximum atomic E-state index is 11.6. The number of nitrogens with two attached hydrogens (primary N) is 1. The summed E-state index contributed by atoms with van der Waals surface area (Å²) in [4.78, 5) is 0. The normalized spacial score (nSPS) is 11.7. The van der Waals surface area contributed by atoms with Crippen molar-refractivity contribution in [2.75, 3.05) is 0 Å². The van der Waals surface area contributed by atoms with Crippen LogP contribution in [0.3, 0.4) is 0 Å². The lowest BCUT2D eigenvalue weighted by Crippen LogP contribution is -2.18. The maximum absolute atomic E-state index is 11.6. The van der Waals surface area contributed by atoms with Crippen molar-refractivity contribution in [3.63, 3.8) is 0 Å². The summed E-state index contributed by atoms with van der Waals surface area (Å²) in [6.45, 7) is 2.06. The van der Waals surface area contributed by atoms with Gasteiger partial charge in [0.15, 0.2) is 0 Å². The van der Waals surface area contributed by atoms with Crippen LogP contribution < -0.4 is 5.14 Å². The topological polar surface area (TPSA) is 90.9 Å². The molecule has 0 saturated heterocycles. The molecule has 2 rings (SSSR count).